The van der Waals surface area contributed by atoms with Crippen LogP contribution >= 0.6 is 7.60 Å². The predicted octanol–water partition coefficient (Wildman–Crippen LogP) is 3.94. The topological polar surface area (TPSA) is 153 Å². The number of carbonyl (C=O) groups excluding carboxylic acids is 1. The Morgan fingerprint density at radius 2 is 1.65 bits per heavy atom. The number of aliphatic hydroxyl groups is 1. The van der Waals surface area contributed by atoms with Crippen LogP contribution in [0.1, 0.15) is 52.5 Å². The van der Waals surface area contributed by atoms with Crippen LogP contribution in [-0.4, -0.2) is 94.8 Å². The van der Waals surface area contributed by atoms with E-state index in [0.29, 0.717) is 38.4 Å². The second kappa shape index (κ2) is 16.7. The molecule has 3 aliphatic heterocycles. The van der Waals surface area contributed by atoms with E-state index in [1.165, 1.54) is 28.6 Å². The lowest BCUT2D eigenvalue weighted by Crippen LogP contribution is -2.59. The highest BCUT2D eigenvalue weighted by Gasteiger charge is 2.63. The Bertz CT molecular complexity index is 1650. The summed E-state index contributed by atoms with van der Waals surface area (Å²) in [6.07, 6.45) is 1.25. The van der Waals surface area contributed by atoms with Crippen LogP contribution in [0.2, 0.25) is 0 Å². The normalized spacial score (nSPS) is 26.8. The maximum absolute atomic E-state index is 14.9. The Hall–Kier alpha value is -2.19. The number of aliphatic hydroxyl groups excluding tert-OH is 1. The first-order chi connectivity index (χ1) is 24.9. The van der Waals surface area contributed by atoms with Crippen LogP contribution in [0, 0.1) is 35.0 Å². The van der Waals surface area contributed by atoms with E-state index in [0.717, 1.165) is 25.1 Å². The number of hydrogen-bond donors (Lipinski definition) is 3. The van der Waals surface area contributed by atoms with Gasteiger partial charge in [-0.1, -0.05) is 44.2 Å². The number of nitrogens with zero attached hydrogens (tertiary/aromatic N) is 1. The fraction of sp³-hybridized carbons (Fsp3) is 0.658. The first kappa shape index (κ1) is 39.5. The van der Waals surface area contributed by atoms with Crippen molar-refractivity contribution in [3.05, 3.63) is 60.2 Å². The van der Waals surface area contributed by atoms with E-state index in [1.54, 1.807) is 13.8 Å². The van der Waals surface area contributed by atoms with Gasteiger partial charge in [0.2, 0.25) is 15.9 Å². The van der Waals surface area contributed by atoms with Gasteiger partial charge in [-0.2, -0.15) is 4.31 Å². The summed E-state index contributed by atoms with van der Waals surface area (Å²) in [7, 11) is -7.74. The van der Waals surface area contributed by atoms with Crippen molar-refractivity contribution in [1.82, 2.24) is 14.9 Å². The zero-order valence-electron chi connectivity index (χ0n) is 30.8. The van der Waals surface area contributed by atoms with E-state index in [2.05, 4.69) is 10.6 Å². The first-order valence-electron chi connectivity index (χ1n) is 18.9. The van der Waals surface area contributed by atoms with Gasteiger partial charge in [-0.05, 0) is 106 Å². The van der Waals surface area contributed by atoms with Crippen LogP contribution in [0.25, 0.3) is 0 Å². The Morgan fingerprint density at radius 1 is 1.00 bits per heavy atom. The number of sulfonamides is 1. The Labute approximate surface area is 308 Å². The Morgan fingerprint density at radius 3 is 2.29 bits per heavy atom. The second-order valence-corrected chi connectivity index (χ2v) is 19.1. The number of rotatable bonds is 17. The molecule has 2 aromatic rings. The van der Waals surface area contributed by atoms with Crippen LogP contribution in [0.3, 0.4) is 0 Å². The third kappa shape index (κ3) is 8.09. The summed E-state index contributed by atoms with van der Waals surface area (Å²) in [5, 5.41) is 19.1. The predicted molar refractivity (Wildman–Crippen MR) is 197 cm³/mol. The van der Waals surface area contributed by atoms with Crippen molar-refractivity contribution < 1.29 is 41.4 Å². The molecule has 7 atom stereocenters. The van der Waals surface area contributed by atoms with Gasteiger partial charge < -0.3 is 34.3 Å². The van der Waals surface area contributed by atoms with Gasteiger partial charge in [0.05, 0.1) is 54.2 Å². The molecule has 3 N–H and O–H groups in total. The third-order valence-electron chi connectivity index (χ3n) is 11.4. The van der Waals surface area contributed by atoms with E-state index in [4.69, 9.17) is 18.5 Å². The zero-order valence-corrected chi connectivity index (χ0v) is 32.5. The molecule has 0 radical (unpaired) electrons. The molecule has 288 valence electrons. The Balaban J connectivity index is 1.27. The van der Waals surface area contributed by atoms with Gasteiger partial charge in [-0.3, -0.25) is 9.36 Å². The highest BCUT2D eigenvalue weighted by Crippen LogP contribution is 2.59. The van der Waals surface area contributed by atoms with Crippen molar-refractivity contribution in [3.63, 3.8) is 0 Å². The highest BCUT2D eigenvalue weighted by atomic mass is 32.2. The standard InChI is InChI=1S/C38H56N3O9PS/c1-5-49-51(44,50-6-2)29-12-14-30(15-13-29)52(45,46)41(22-26(3)4)23-34(42)33(20-27-10-8-7-9-11-27)40-37(43)38(16-18-39-19-17-38)35-28-21-31-32(35)25-48-36(31)47-24-28/h7-15,26,28,31-36,39,42H,5-6,16-25H2,1-4H3,(H,40,43)/t28?,31?,32-,33+,34-,35?,36+/m1/s1. The van der Waals surface area contributed by atoms with Gasteiger partial charge in [0.1, 0.15) is 0 Å². The minimum atomic E-state index is -4.12. The van der Waals surface area contributed by atoms with Crippen LogP contribution in [0.15, 0.2) is 59.5 Å². The molecule has 52 heavy (non-hydrogen) atoms. The molecule has 2 bridgehead atoms. The minimum absolute atomic E-state index is 0.00685. The van der Waals surface area contributed by atoms with Gasteiger partial charge in [-0.25, -0.2) is 8.42 Å². The molecular weight excluding hydrogens is 705 g/mol. The number of carbonyl (C=O) groups is 1. The molecule has 1 saturated carbocycles. The average molecular weight is 762 g/mol. The number of amides is 1. The summed E-state index contributed by atoms with van der Waals surface area (Å²) in [5.74, 6) is 0.764. The van der Waals surface area contributed by atoms with Gasteiger partial charge >= 0.3 is 7.60 Å². The van der Waals surface area contributed by atoms with Gasteiger partial charge in [0, 0.05) is 19.0 Å². The average Bonchev–Trinajstić information content (AvgIpc) is 3.67. The third-order valence-corrected chi connectivity index (χ3v) is 15.4. The van der Waals surface area contributed by atoms with Crippen LogP contribution in [0.4, 0.5) is 0 Å². The number of ether oxygens (including phenoxy) is 2. The number of fused-ring (bicyclic) bond motifs is 1. The maximum Gasteiger partial charge on any atom is 0.361 e. The molecule has 12 nitrogen and oxygen atoms in total. The molecule has 2 aromatic carbocycles. The molecular formula is C38H56N3O9PS. The molecule has 3 heterocycles. The summed E-state index contributed by atoms with van der Waals surface area (Å²) in [4.78, 5) is 14.9. The number of benzene rings is 2. The molecule has 4 fully saturated rings. The lowest BCUT2D eigenvalue weighted by Gasteiger charge is -2.46. The molecule has 1 amide bonds. The molecule has 0 spiro atoms. The molecule has 6 rings (SSSR count). The van der Waals surface area contributed by atoms with Crippen LogP contribution < -0.4 is 15.9 Å². The number of hydrogen-bond acceptors (Lipinski definition) is 10. The lowest BCUT2D eigenvalue weighted by molar-refractivity contribution is -0.173. The zero-order chi connectivity index (χ0) is 37.1. The second-order valence-electron chi connectivity index (χ2n) is 15.2. The lowest BCUT2D eigenvalue weighted by atomic mass is 9.62. The van der Waals surface area contributed by atoms with Crippen molar-refractivity contribution in [2.45, 2.75) is 76.7 Å². The Kier molecular flexibility index (Phi) is 12.7. The summed E-state index contributed by atoms with van der Waals surface area (Å²) < 4.78 is 66.1. The van der Waals surface area contributed by atoms with Gasteiger partial charge in [0.25, 0.3) is 0 Å². The molecule has 14 heteroatoms. The number of piperidine rings is 1. The summed E-state index contributed by atoms with van der Waals surface area (Å²) in [5.41, 5.74) is 0.259. The molecule has 1 aliphatic carbocycles. The maximum atomic E-state index is 14.9. The van der Waals surface area contributed by atoms with Crippen molar-refractivity contribution in [2.75, 3.05) is 52.6 Å². The molecule has 0 aromatic heterocycles. The molecule has 3 saturated heterocycles. The van der Waals surface area contributed by atoms with E-state index in [-0.39, 0.29) is 72.4 Å². The van der Waals surface area contributed by atoms with Crippen molar-refractivity contribution in [2.24, 2.45) is 35.0 Å². The first-order valence-corrected chi connectivity index (χ1v) is 21.9. The van der Waals surface area contributed by atoms with E-state index in [1.807, 2.05) is 44.2 Å². The summed E-state index contributed by atoms with van der Waals surface area (Å²) >= 11 is 0. The monoisotopic (exact) mass is 761 g/mol. The quantitative estimate of drug-likeness (QED) is 0.202. The fourth-order valence-electron chi connectivity index (χ4n) is 9.12. The SMILES string of the molecule is CCOP(=O)(OCC)c1ccc(S(=O)(=O)N(CC(C)C)C[C@@H](O)[C@H](Cc2ccccc2)NC(=O)C2(C3C4CO[C@H]5OC[C@@H]3C5C4)CCNCC2)cc1. The van der Waals surface area contributed by atoms with Gasteiger partial charge in [-0.15, -0.1) is 0 Å². The van der Waals surface area contributed by atoms with Crippen molar-refractivity contribution >= 4 is 28.8 Å². The largest absolute Gasteiger partial charge is 0.390 e. The molecule has 3 unspecified atom stereocenters. The summed E-state index contributed by atoms with van der Waals surface area (Å²) in [6, 6.07) is 14.6. The van der Waals surface area contributed by atoms with E-state index in [9.17, 15) is 22.9 Å². The van der Waals surface area contributed by atoms with E-state index < -0.39 is 35.2 Å². The van der Waals surface area contributed by atoms with E-state index >= 15 is 0 Å². The van der Waals surface area contributed by atoms with Crippen LogP contribution in [0.5, 0.6) is 0 Å². The minimum Gasteiger partial charge on any atom is -0.390 e. The number of nitrogens with one attached hydrogen (secondary N) is 2. The highest BCUT2D eigenvalue weighted by molar-refractivity contribution is 7.89. The van der Waals surface area contributed by atoms with Crippen LogP contribution in [-0.2, 0) is 44.3 Å². The molecule has 4 aliphatic rings. The fourth-order valence-corrected chi connectivity index (χ4v) is 12.3. The van der Waals surface area contributed by atoms with Gasteiger partial charge in [0.15, 0.2) is 6.29 Å². The van der Waals surface area contributed by atoms with Crippen molar-refractivity contribution in [1.29, 1.82) is 0 Å². The summed E-state index contributed by atoms with van der Waals surface area (Å²) in [6.45, 7) is 10.1. The van der Waals surface area contributed by atoms with Crippen molar-refractivity contribution in [3.8, 4) is 0 Å². The smallest absolute Gasteiger partial charge is 0.361 e.